The molecule has 1 N–H and O–H groups in total. The Labute approximate surface area is 165 Å². The first-order valence-electron chi connectivity index (χ1n) is 9.10. The third-order valence-electron chi connectivity index (χ3n) is 4.42. The Hall–Kier alpha value is -2.71. The van der Waals surface area contributed by atoms with E-state index in [0.29, 0.717) is 12.5 Å². The van der Waals surface area contributed by atoms with Crippen LogP contribution in [0.1, 0.15) is 30.0 Å². The van der Waals surface area contributed by atoms with E-state index in [1.807, 2.05) is 30.3 Å². The molecule has 0 heterocycles. The summed E-state index contributed by atoms with van der Waals surface area (Å²) >= 11 is 5.70. The highest BCUT2D eigenvalue weighted by Gasteiger charge is 2.13. The van der Waals surface area contributed by atoms with Crippen molar-refractivity contribution >= 4 is 22.7 Å². The first-order valence-corrected chi connectivity index (χ1v) is 9.63. The van der Waals surface area contributed by atoms with Gasteiger partial charge in [0.2, 0.25) is 0 Å². The number of alkyl halides is 1. The zero-order valence-corrected chi connectivity index (χ0v) is 16.1. The quantitative estimate of drug-likeness (QED) is 0.382. The second-order valence-electron chi connectivity index (χ2n) is 6.18. The van der Waals surface area contributed by atoms with E-state index in [9.17, 15) is 5.11 Å². The molecule has 0 atom stereocenters. The Kier molecular flexibility index (Phi) is 6.56. The van der Waals surface area contributed by atoms with Gasteiger partial charge in [0.15, 0.2) is 0 Å². The number of aromatic hydroxyl groups is 1. The molecule has 0 radical (unpaired) electrons. The van der Waals surface area contributed by atoms with Gasteiger partial charge in [-0.3, -0.25) is 0 Å². The fraction of sp³-hybridized carbons (Fsp3) is 0.167. The summed E-state index contributed by atoms with van der Waals surface area (Å²) in [5.74, 6) is 1.56. The van der Waals surface area contributed by atoms with Gasteiger partial charge < -0.3 is 9.84 Å². The van der Waals surface area contributed by atoms with Crippen LogP contribution in [0.4, 0.5) is 0 Å². The van der Waals surface area contributed by atoms with Gasteiger partial charge in [0, 0.05) is 0 Å². The van der Waals surface area contributed by atoms with Crippen molar-refractivity contribution in [2.24, 2.45) is 0 Å². The van der Waals surface area contributed by atoms with Gasteiger partial charge in [-0.2, -0.15) is 0 Å². The SMILES string of the molecule is CCC(=C(c1ccccc1)c1ccc(OCCCl)cc1)c1ccc(O)cc1. The van der Waals surface area contributed by atoms with Crippen LogP contribution in [0.2, 0.25) is 0 Å². The van der Waals surface area contributed by atoms with Crippen LogP contribution in [0.15, 0.2) is 78.9 Å². The molecule has 0 unspecified atom stereocenters. The van der Waals surface area contributed by atoms with E-state index in [0.717, 1.165) is 28.9 Å². The molecular formula is C24H23ClO2. The third kappa shape index (κ3) is 4.72. The van der Waals surface area contributed by atoms with Gasteiger partial charge >= 0.3 is 0 Å². The Morgan fingerprint density at radius 1 is 0.815 bits per heavy atom. The zero-order valence-electron chi connectivity index (χ0n) is 15.4. The van der Waals surface area contributed by atoms with Crippen LogP contribution < -0.4 is 4.74 Å². The van der Waals surface area contributed by atoms with Crippen LogP contribution in [-0.2, 0) is 0 Å². The lowest BCUT2D eigenvalue weighted by molar-refractivity contribution is 0.343. The summed E-state index contributed by atoms with van der Waals surface area (Å²) in [7, 11) is 0. The van der Waals surface area contributed by atoms with Crippen molar-refractivity contribution in [3.63, 3.8) is 0 Å². The van der Waals surface area contributed by atoms with Crippen molar-refractivity contribution in [3.05, 3.63) is 95.6 Å². The number of rotatable bonds is 7. The number of phenolic OH excluding ortho intramolecular Hbond substituents is 1. The maximum Gasteiger partial charge on any atom is 0.119 e. The number of halogens is 1. The Balaban J connectivity index is 2.12. The molecule has 138 valence electrons. The van der Waals surface area contributed by atoms with E-state index in [4.69, 9.17) is 16.3 Å². The highest BCUT2D eigenvalue weighted by molar-refractivity contribution is 6.18. The summed E-state index contributed by atoms with van der Waals surface area (Å²) in [5.41, 5.74) is 5.82. The summed E-state index contributed by atoms with van der Waals surface area (Å²) in [4.78, 5) is 0. The topological polar surface area (TPSA) is 29.5 Å². The third-order valence-corrected chi connectivity index (χ3v) is 4.58. The van der Waals surface area contributed by atoms with Crippen LogP contribution in [-0.4, -0.2) is 17.6 Å². The van der Waals surface area contributed by atoms with Gasteiger partial charge in [-0.15, -0.1) is 11.6 Å². The Morgan fingerprint density at radius 2 is 1.41 bits per heavy atom. The van der Waals surface area contributed by atoms with Crippen LogP contribution >= 0.6 is 11.6 Å². The molecule has 0 aromatic heterocycles. The molecule has 0 bridgehead atoms. The number of allylic oxidation sites excluding steroid dienone is 1. The Bertz CT molecular complexity index is 882. The van der Waals surface area contributed by atoms with Gasteiger partial charge in [0.05, 0.1) is 5.88 Å². The van der Waals surface area contributed by atoms with Crippen LogP contribution in [0.3, 0.4) is 0 Å². The second kappa shape index (κ2) is 9.29. The standard InChI is InChI=1S/C24H23ClO2/c1-2-23(18-8-12-21(26)13-9-18)24(19-6-4-3-5-7-19)20-10-14-22(15-11-20)27-17-16-25/h3-15,26H,2,16-17H2,1H3. The maximum atomic E-state index is 9.65. The first-order chi connectivity index (χ1) is 13.2. The van der Waals surface area contributed by atoms with Crippen LogP contribution in [0.5, 0.6) is 11.5 Å². The highest BCUT2D eigenvalue weighted by Crippen LogP contribution is 2.35. The van der Waals surface area contributed by atoms with Gasteiger partial charge in [-0.05, 0) is 58.5 Å². The fourth-order valence-corrected chi connectivity index (χ4v) is 3.26. The minimum atomic E-state index is 0.274. The lowest BCUT2D eigenvalue weighted by Gasteiger charge is -2.17. The van der Waals surface area contributed by atoms with E-state index in [-0.39, 0.29) is 5.75 Å². The summed E-state index contributed by atoms with van der Waals surface area (Å²) in [6, 6.07) is 25.9. The van der Waals surface area contributed by atoms with E-state index in [2.05, 4.69) is 43.3 Å². The molecule has 2 nitrogen and oxygen atoms in total. The van der Waals surface area contributed by atoms with Crippen molar-refractivity contribution in [1.29, 1.82) is 0 Å². The molecule has 0 aliphatic carbocycles. The molecule has 0 aliphatic heterocycles. The molecule has 3 rings (SSSR count). The van der Waals surface area contributed by atoms with E-state index in [1.165, 1.54) is 11.1 Å². The highest BCUT2D eigenvalue weighted by atomic mass is 35.5. The summed E-state index contributed by atoms with van der Waals surface area (Å²) < 4.78 is 5.60. The molecule has 0 saturated carbocycles. The van der Waals surface area contributed by atoms with Crippen molar-refractivity contribution in [2.45, 2.75) is 13.3 Å². The molecule has 0 amide bonds. The summed E-state index contributed by atoms with van der Waals surface area (Å²) in [5, 5.41) is 9.65. The van der Waals surface area contributed by atoms with Crippen molar-refractivity contribution in [3.8, 4) is 11.5 Å². The summed E-state index contributed by atoms with van der Waals surface area (Å²) in [6.45, 7) is 2.65. The lowest BCUT2D eigenvalue weighted by Crippen LogP contribution is -1.98. The van der Waals surface area contributed by atoms with Gasteiger partial charge in [-0.1, -0.05) is 61.5 Å². The number of ether oxygens (including phenoxy) is 1. The monoisotopic (exact) mass is 378 g/mol. The molecular weight excluding hydrogens is 356 g/mol. The molecule has 3 aromatic carbocycles. The van der Waals surface area contributed by atoms with Crippen molar-refractivity contribution < 1.29 is 9.84 Å². The molecule has 3 aromatic rings. The van der Waals surface area contributed by atoms with E-state index >= 15 is 0 Å². The van der Waals surface area contributed by atoms with Gasteiger partial charge in [0.1, 0.15) is 18.1 Å². The average Bonchev–Trinajstić information content (AvgIpc) is 2.72. The number of phenols is 1. The lowest BCUT2D eigenvalue weighted by atomic mass is 9.88. The van der Waals surface area contributed by atoms with Gasteiger partial charge in [0.25, 0.3) is 0 Å². The molecule has 0 fully saturated rings. The fourth-order valence-electron chi connectivity index (χ4n) is 3.18. The Morgan fingerprint density at radius 3 is 2.00 bits per heavy atom. The van der Waals surface area contributed by atoms with Gasteiger partial charge in [-0.25, -0.2) is 0 Å². The summed E-state index contributed by atoms with van der Waals surface area (Å²) in [6.07, 6.45) is 0.875. The average molecular weight is 379 g/mol. The largest absolute Gasteiger partial charge is 0.508 e. The smallest absolute Gasteiger partial charge is 0.119 e. The van der Waals surface area contributed by atoms with E-state index in [1.54, 1.807) is 12.1 Å². The van der Waals surface area contributed by atoms with E-state index < -0.39 is 0 Å². The number of hydrogen-bond donors (Lipinski definition) is 1. The van der Waals surface area contributed by atoms with Crippen molar-refractivity contribution in [1.82, 2.24) is 0 Å². The maximum absolute atomic E-state index is 9.65. The number of hydrogen-bond acceptors (Lipinski definition) is 2. The van der Waals surface area contributed by atoms with Crippen LogP contribution in [0.25, 0.3) is 11.1 Å². The zero-order chi connectivity index (χ0) is 19.1. The number of benzene rings is 3. The minimum Gasteiger partial charge on any atom is -0.508 e. The minimum absolute atomic E-state index is 0.274. The van der Waals surface area contributed by atoms with Crippen molar-refractivity contribution in [2.75, 3.05) is 12.5 Å². The molecule has 0 aliphatic rings. The predicted molar refractivity (Wildman–Crippen MR) is 113 cm³/mol. The second-order valence-corrected chi connectivity index (χ2v) is 6.56. The van der Waals surface area contributed by atoms with Crippen LogP contribution in [0, 0.1) is 0 Å². The predicted octanol–water partition coefficient (Wildman–Crippen LogP) is 6.38. The molecule has 27 heavy (non-hydrogen) atoms. The molecule has 3 heteroatoms. The normalized spacial score (nSPS) is 11.8. The molecule has 0 saturated heterocycles. The molecule has 0 spiro atoms. The first kappa shape index (κ1) is 19.1.